The van der Waals surface area contributed by atoms with E-state index in [1.165, 1.54) is 45.5 Å². The minimum Gasteiger partial charge on any atom is -0.316 e. The Morgan fingerprint density at radius 3 is 2.37 bits per heavy atom. The molecule has 8 heteroatoms. The van der Waals surface area contributed by atoms with E-state index in [1.54, 1.807) is 7.05 Å². The van der Waals surface area contributed by atoms with E-state index in [4.69, 9.17) is 0 Å². The maximum absolute atomic E-state index is 12.8. The highest BCUT2D eigenvalue weighted by atomic mass is 32.2. The van der Waals surface area contributed by atoms with E-state index in [-0.39, 0.29) is 16.8 Å². The molecule has 3 aromatic rings. The summed E-state index contributed by atoms with van der Waals surface area (Å²) in [4.78, 5) is 17.9. The van der Waals surface area contributed by atoms with Crippen molar-refractivity contribution in [1.29, 1.82) is 0 Å². The number of aromatic nitrogens is 1. The second-order valence-corrected chi connectivity index (χ2v) is 10.3. The van der Waals surface area contributed by atoms with Crippen LogP contribution in [0.3, 0.4) is 0 Å². The van der Waals surface area contributed by atoms with E-state index in [9.17, 15) is 13.2 Å². The number of hydrogen-bond donors (Lipinski definition) is 0. The standard InChI is InChI=1S/C22H27N3O3S2/c1-6-16-9-8-10-19-20(16)25(7-2)22(29-19)23-21(26)17-11-13-18(14-12-17)30(27,28)24(5)15(3)4/h8-15H,6-7H2,1-5H3. The van der Waals surface area contributed by atoms with Crippen molar-refractivity contribution >= 4 is 37.5 Å². The number of nitrogens with zero attached hydrogens (tertiary/aromatic N) is 3. The number of benzene rings is 2. The molecule has 0 fully saturated rings. The molecule has 0 saturated carbocycles. The zero-order chi connectivity index (χ0) is 22.1. The van der Waals surface area contributed by atoms with Gasteiger partial charge in [-0.1, -0.05) is 30.4 Å². The summed E-state index contributed by atoms with van der Waals surface area (Å²) in [5, 5.41) is 0. The van der Waals surface area contributed by atoms with Crippen molar-refractivity contribution in [3.8, 4) is 0 Å². The summed E-state index contributed by atoms with van der Waals surface area (Å²) in [6, 6.07) is 12.0. The topological polar surface area (TPSA) is 71.7 Å². The molecule has 6 nitrogen and oxygen atoms in total. The summed E-state index contributed by atoms with van der Waals surface area (Å²) >= 11 is 1.49. The fourth-order valence-corrected chi connectivity index (χ4v) is 5.74. The number of fused-ring (bicyclic) bond motifs is 1. The molecular formula is C22H27N3O3S2. The minimum absolute atomic E-state index is 0.156. The van der Waals surface area contributed by atoms with Crippen molar-refractivity contribution in [3.63, 3.8) is 0 Å². The van der Waals surface area contributed by atoms with E-state index in [2.05, 4.69) is 22.5 Å². The van der Waals surface area contributed by atoms with Gasteiger partial charge in [0.15, 0.2) is 4.80 Å². The van der Waals surface area contributed by atoms with Crippen LogP contribution in [0.2, 0.25) is 0 Å². The minimum atomic E-state index is -3.59. The van der Waals surface area contributed by atoms with Gasteiger partial charge in [-0.3, -0.25) is 4.79 Å². The third kappa shape index (κ3) is 4.12. The number of hydrogen-bond acceptors (Lipinski definition) is 4. The highest BCUT2D eigenvalue weighted by Crippen LogP contribution is 2.22. The molecule has 160 valence electrons. The Bertz CT molecular complexity index is 1240. The lowest BCUT2D eigenvalue weighted by molar-refractivity contribution is 0.0997. The first-order valence-electron chi connectivity index (χ1n) is 9.99. The molecule has 0 bridgehead atoms. The van der Waals surface area contributed by atoms with Gasteiger partial charge >= 0.3 is 0 Å². The van der Waals surface area contributed by atoms with E-state index >= 15 is 0 Å². The lowest BCUT2D eigenvalue weighted by Gasteiger charge is -2.20. The number of para-hydroxylation sites is 1. The van der Waals surface area contributed by atoms with Gasteiger partial charge in [0.05, 0.1) is 15.1 Å². The van der Waals surface area contributed by atoms with E-state index in [0.717, 1.165) is 16.6 Å². The molecule has 1 heterocycles. The number of rotatable bonds is 6. The van der Waals surface area contributed by atoms with Crippen LogP contribution in [0.25, 0.3) is 10.2 Å². The second-order valence-electron chi connectivity index (χ2n) is 7.30. The first kappa shape index (κ1) is 22.4. The Balaban J connectivity index is 2.00. The predicted molar refractivity (Wildman–Crippen MR) is 121 cm³/mol. The molecule has 2 aromatic carbocycles. The summed E-state index contributed by atoms with van der Waals surface area (Å²) in [6.07, 6.45) is 0.905. The van der Waals surface area contributed by atoms with E-state index in [0.29, 0.717) is 16.9 Å². The predicted octanol–water partition coefficient (Wildman–Crippen LogP) is 4.06. The SMILES string of the molecule is CCc1cccc2sc(=NC(=O)c3ccc(S(=O)(=O)N(C)C(C)C)cc3)n(CC)c12. The maximum atomic E-state index is 12.8. The van der Waals surface area contributed by atoms with Crippen LogP contribution in [0.5, 0.6) is 0 Å². The molecule has 0 unspecified atom stereocenters. The molecule has 0 N–H and O–H groups in total. The van der Waals surface area contributed by atoms with Crippen molar-refractivity contribution in [2.75, 3.05) is 7.05 Å². The highest BCUT2D eigenvalue weighted by molar-refractivity contribution is 7.89. The Labute approximate surface area is 181 Å². The highest BCUT2D eigenvalue weighted by Gasteiger charge is 2.23. The monoisotopic (exact) mass is 445 g/mol. The van der Waals surface area contributed by atoms with Crippen LogP contribution in [0, 0.1) is 0 Å². The van der Waals surface area contributed by atoms with Gasteiger partial charge in [0.1, 0.15) is 0 Å². The lowest BCUT2D eigenvalue weighted by atomic mass is 10.1. The average molecular weight is 446 g/mol. The lowest BCUT2D eigenvalue weighted by Crippen LogP contribution is -2.33. The summed E-state index contributed by atoms with van der Waals surface area (Å²) < 4.78 is 29.7. The van der Waals surface area contributed by atoms with Crippen molar-refractivity contribution in [3.05, 3.63) is 58.4 Å². The molecule has 0 spiro atoms. The number of aryl methyl sites for hydroxylation is 2. The van der Waals surface area contributed by atoms with Crippen LogP contribution in [-0.2, 0) is 23.0 Å². The van der Waals surface area contributed by atoms with Crippen LogP contribution in [0.1, 0.15) is 43.6 Å². The van der Waals surface area contributed by atoms with Crippen LogP contribution in [-0.4, -0.2) is 36.3 Å². The largest absolute Gasteiger partial charge is 0.316 e. The molecule has 30 heavy (non-hydrogen) atoms. The zero-order valence-electron chi connectivity index (χ0n) is 17.9. The van der Waals surface area contributed by atoms with Crippen molar-refractivity contribution < 1.29 is 13.2 Å². The third-order valence-corrected chi connectivity index (χ3v) is 8.28. The fourth-order valence-electron chi connectivity index (χ4n) is 3.23. The normalized spacial score (nSPS) is 13.0. The summed E-state index contributed by atoms with van der Waals surface area (Å²) in [7, 11) is -2.04. The molecular weight excluding hydrogens is 418 g/mol. The van der Waals surface area contributed by atoms with Gasteiger partial charge < -0.3 is 4.57 Å². The van der Waals surface area contributed by atoms with E-state index < -0.39 is 10.0 Å². The summed E-state index contributed by atoms with van der Waals surface area (Å²) in [6.45, 7) is 8.48. The second kappa shape index (κ2) is 8.83. The van der Waals surface area contributed by atoms with Gasteiger partial charge in [-0.15, -0.1) is 0 Å². The first-order chi connectivity index (χ1) is 14.2. The van der Waals surface area contributed by atoms with Crippen LogP contribution in [0.15, 0.2) is 52.4 Å². The molecule has 0 atom stereocenters. The number of carbonyl (C=O) groups excluding carboxylic acids is 1. The van der Waals surface area contributed by atoms with Gasteiger partial charge in [-0.2, -0.15) is 9.30 Å². The van der Waals surface area contributed by atoms with Gasteiger partial charge in [-0.05, 0) is 63.1 Å². The Morgan fingerprint density at radius 2 is 1.80 bits per heavy atom. The summed E-state index contributed by atoms with van der Waals surface area (Å²) in [5.74, 6) is -0.386. The van der Waals surface area contributed by atoms with Crippen LogP contribution < -0.4 is 4.80 Å². The van der Waals surface area contributed by atoms with Crippen LogP contribution in [0.4, 0.5) is 0 Å². The van der Waals surface area contributed by atoms with Crippen molar-refractivity contribution in [2.24, 2.45) is 4.99 Å². The molecule has 1 aromatic heterocycles. The van der Waals surface area contributed by atoms with Crippen LogP contribution >= 0.6 is 11.3 Å². The quantitative estimate of drug-likeness (QED) is 0.574. The Kier molecular flexibility index (Phi) is 6.59. The van der Waals surface area contributed by atoms with Gasteiger partial charge in [0, 0.05) is 25.2 Å². The first-order valence-corrected chi connectivity index (χ1v) is 12.2. The Hall–Kier alpha value is -2.29. The maximum Gasteiger partial charge on any atom is 0.279 e. The Morgan fingerprint density at radius 1 is 1.13 bits per heavy atom. The molecule has 0 radical (unpaired) electrons. The number of carbonyl (C=O) groups is 1. The van der Waals surface area contributed by atoms with Gasteiger partial charge in [0.25, 0.3) is 5.91 Å². The zero-order valence-corrected chi connectivity index (χ0v) is 19.5. The molecule has 0 aliphatic heterocycles. The average Bonchev–Trinajstić information content (AvgIpc) is 3.10. The van der Waals surface area contributed by atoms with Crippen molar-refractivity contribution in [2.45, 2.75) is 51.6 Å². The van der Waals surface area contributed by atoms with Gasteiger partial charge in [0.2, 0.25) is 10.0 Å². The van der Waals surface area contributed by atoms with Gasteiger partial charge in [-0.25, -0.2) is 8.42 Å². The molecule has 3 rings (SSSR count). The number of thiazole rings is 1. The van der Waals surface area contributed by atoms with Crippen molar-refractivity contribution in [1.82, 2.24) is 8.87 Å². The molecule has 1 amide bonds. The van der Waals surface area contributed by atoms with E-state index in [1.807, 2.05) is 32.9 Å². The number of sulfonamides is 1. The molecule has 0 aliphatic carbocycles. The number of amides is 1. The smallest absolute Gasteiger partial charge is 0.279 e. The molecule has 0 aliphatic rings. The molecule has 0 saturated heterocycles. The third-order valence-electron chi connectivity index (χ3n) is 5.18. The summed E-state index contributed by atoms with van der Waals surface area (Å²) in [5.41, 5.74) is 2.71. The fraction of sp³-hybridized carbons (Fsp3) is 0.364.